The van der Waals surface area contributed by atoms with Crippen molar-refractivity contribution >= 4 is 10.9 Å². The monoisotopic (exact) mass is 337 g/mol. The molecule has 0 aliphatic rings. The third-order valence-corrected chi connectivity index (χ3v) is 6.26. The molecule has 0 aromatic heterocycles. The Balaban J connectivity index is 2.05. The van der Waals surface area contributed by atoms with E-state index in [1.54, 1.807) is 14.2 Å². The summed E-state index contributed by atoms with van der Waals surface area (Å²) in [7, 11) is 3.25. The Bertz CT molecular complexity index is 702. The maximum Gasteiger partial charge on any atom is 0.255 e. The molecule has 3 aromatic carbocycles. The molecule has 0 spiro atoms. The topological polar surface area (TPSA) is 18.5 Å². The second-order valence-electron chi connectivity index (χ2n) is 5.30. The van der Waals surface area contributed by atoms with Crippen molar-refractivity contribution in [3.05, 3.63) is 90.5 Å². The summed E-state index contributed by atoms with van der Waals surface area (Å²) < 4.78 is 11.2. The van der Waals surface area contributed by atoms with Gasteiger partial charge in [-0.15, -0.1) is 0 Å². The predicted octanol–water partition coefficient (Wildman–Crippen LogP) is 5.08. The molecule has 122 valence electrons. The highest BCUT2D eigenvalue weighted by atomic mass is 32.2. The summed E-state index contributed by atoms with van der Waals surface area (Å²) in [5.41, 5.74) is 1.11. The zero-order valence-corrected chi connectivity index (χ0v) is 14.7. The molecule has 1 atom stereocenters. The first-order valence-electron chi connectivity index (χ1n) is 7.83. The minimum Gasteiger partial charge on any atom is -0.497 e. The number of benzene rings is 3. The molecule has 3 aromatic rings. The molecule has 0 fully saturated rings. The van der Waals surface area contributed by atoms with Gasteiger partial charge in [0.1, 0.15) is 5.75 Å². The summed E-state index contributed by atoms with van der Waals surface area (Å²) in [6, 6.07) is 29.2. The highest BCUT2D eigenvalue weighted by Gasteiger charge is 2.37. The molecular formula is C21H21O2S+. The number of rotatable bonds is 6. The number of hydrogen-bond donors (Lipinski definition) is 0. The lowest BCUT2D eigenvalue weighted by molar-refractivity contribution is 0.172. The van der Waals surface area contributed by atoms with Gasteiger partial charge in [0.05, 0.1) is 18.0 Å². The van der Waals surface area contributed by atoms with Crippen LogP contribution in [0.15, 0.2) is 94.7 Å². The van der Waals surface area contributed by atoms with E-state index >= 15 is 0 Å². The van der Waals surface area contributed by atoms with E-state index in [1.165, 1.54) is 9.79 Å². The summed E-state index contributed by atoms with van der Waals surface area (Å²) in [6.45, 7) is 0. The van der Waals surface area contributed by atoms with Gasteiger partial charge in [-0.25, -0.2) is 0 Å². The fourth-order valence-corrected chi connectivity index (χ4v) is 4.94. The normalized spacial score (nSPS) is 12.1. The van der Waals surface area contributed by atoms with Crippen molar-refractivity contribution in [3.8, 4) is 5.75 Å². The third kappa shape index (κ3) is 3.64. The molecule has 0 aliphatic carbocycles. The van der Waals surface area contributed by atoms with Crippen LogP contribution in [0.25, 0.3) is 0 Å². The third-order valence-electron chi connectivity index (χ3n) is 3.81. The van der Waals surface area contributed by atoms with Crippen LogP contribution in [0.5, 0.6) is 5.75 Å². The Labute approximate surface area is 146 Å². The number of hydrogen-bond acceptors (Lipinski definition) is 2. The second-order valence-corrected chi connectivity index (χ2v) is 7.35. The van der Waals surface area contributed by atoms with Crippen molar-refractivity contribution < 1.29 is 9.47 Å². The van der Waals surface area contributed by atoms with E-state index in [0.717, 1.165) is 11.3 Å². The highest BCUT2D eigenvalue weighted by molar-refractivity contribution is 7.97. The Morgan fingerprint density at radius 2 is 1.17 bits per heavy atom. The SMILES string of the molecule is COc1ccc(C(OC)[S+](c2ccccc2)c2ccccc2)cc1. The van der Waals surface area contributed by atoms with Gasteiger partial charge in [-0.2, -0.15) is 0 Å². The molecular weight excluding hydrogens is 316 g/mol. The lowest BCUT2D eigenvalue weighted by Crippen LogP contribution is -2.17. The molecule has 3 rings (SSSR count). The van der Waals surface area contributed by atoms with E-state index in [1.807, 2.05) is 24.3 Å². The largest absolute Gasteiger partial charge is 0.497 e. The molecule has 0 radical (unpaired) electrons. The van der Waals surface area contributed by atoms with Gasteiger partial charge >= 0.3 is 0 Å². The van der Waals surface area contributed by atoms with E-state index in [0.29, 0.717) is 0 Å². The van der Waals surface area contributed by atoms with E-state index in [9.17, 15) is 0 Å². The minimum atomic E-state index is -0.212. The van der Waals surface area contributed by atoms with Crippen molar-refractivity contribution in [3.63, 3.8) is 0 Å². The Morgan fingerprint density at radius 3 is 1.58 bits per heavy atom. The Hall–Kier alpha value is -2.23. The summed E-state index contributed by atoms with van der Waals surface area (Å²) in [5.74, 6) is 0.855. The van der Waals surface area contributed by atoms with E-state index in [4.69, 9.17) is 9.47 Å². The molecule has 0 saturated heterocycles. The van der Waals surface area contributed by atoms with Crippen molar-refractivity contribution in [2.45, 2.75) is 15.2 Å². The Morgan fingerprint density at radius 1 is 0.667 bits per heavy atom. The van der Waals surface area contributed by atoms with Crippen LogP contribution in [0, 0.1) is 0 Å². The average molecular weight is 337 g/mol. The van der Waals surface area contributed by atoms with Crippen molar-refractivity contribution in [2.24, 2.45) is 0 Å². The fraction of sp³-hybridized carbons (Fsp3) is 0.143. The number of methoxy groups -OCH3 is 2. The molecule has 0 amide bonds. The lowest BCUT2D eigenvalue weighted by atomic mass is 10.2. The van der Waals surface area contributed by atoms with Gasteiger partial charge in [-0.05, 0) is 48.5 Å². The first kappa shape index (κ1) is 16.6. The molecule has 0 aliphatic heterocycles. The first-order chi connectivity index (χ1) is 11.8. The zero-order chi connectivity index (χ0) is 16.8. The molecule has 3 heteroatoms. The predicted molar refractivity (Wildman–Crippen MR) is 99.5 cm³/mol. The summed E-state index contributed by atoms with van der Waals surface area (Å²) in [5, 5.41) is 0. The maximum absolute atomic E-state index is 5.95. The summed E-state index contributed by atoms with van der Waals surface area (Å²) in [6.07, 6.45) is 0. The molecule has 0 bridgehead atoms. The van der Waals surface area contributed by atoms with Crippen LogP contribution in [0.1, 0.15) is 11.0 Å². The van der Waals surface area contributed by atoms with Gasteiger partial charge in [-0.3, -0.25) is 0 Å². The van der Waals surface area contributed by atoms with E-state index < -0.39 is 0 Å². The van der Waals surface area contributed by atoms with Gasteiger partial charge in [0, 0.05) is 12.7 Å². The molecule has 1 unspecified atom stereocenters. The minimum absolute atomic E-state index is 0.0410. The molecule has 0 N–H and O–H groups in total. The quantitative estimate of drug-likeness (QED) is 0.584. The average Bonchev–Trinajstić information content (AvgIpc) is 2.67. The van der Waals surface area contributed by atoms with Crippen LogP contribution in [0.3, 0.4) is 0 Å². The van der Waals surface area contributed by atoms with Crippen LogP contribution in [0.4, 0.5) is 0 Å². The van der Waals surface area contributed by atoms with Gasteiger partial charge in [0.25, 0.3) is 5.44 Å². The summed E-state index contributed by atoms with van der Waals surface area (Å²) in [4.78, 5) is 2.54. The van der Waals surface area contributed by atoms with Crippen molar-refractivity contribution in [1.29, 1.82) is 0 Å². The fourth-order valence-electron chi connectivity index (χ4n) is 2.65. The molecule has 0 heterocycles. The standard InChI is InChI=1S/C21H21O2S/c1-22-18-15-13-17(14-16-18)21(23-2)24(19-9-5-3-6-10-19)20-11-7-4-8-12-20/h3-16,21H,1-2H3/q+1. The number of ether oxygens (including phenoxy) is 2. The zero-order valence-electron chi connectivity index (χ0n) is 13.9. The van der Waals surface area contributed by atoms with E-state index in [2.05, 4.69) is 60.7 Å². The van der Waals surface area contributed by atoms with Gasteiger partial charge < -0.3 is 9.47 Å². The second kappa shape index (κ2) is 8.04. The highest BCUT2D eigenvalue weighted by Crippen LogP contribution is 2.37. The van der Waals surface area contributed by atoms with Gasteiger partial charge in [0.2, 0.25) is 0 Å². The van der Waals surface area contributed by atoms with Crippen LogP contribution < -0.4 is 4.74 Å². The van der Waals surface area contributed by atoms with Crippen molar-refractivity contribution in [1.82, 2.24) is 0 Å². The van der Waals surface area contributed by atoms with Crippen LogP contribution in [-0.2, 0) is 15.6 Å². The van der Waals surface area contributed by atoms with Crippen LogP contribution >= 0.6 is 0 Å². The maximum atomic E-state index is 5.95. The van der Waals surface area contributed by atoms with E-state index in [-0.39, 0.29) is 16.3 Å². The van der Waals surface area contributed by atoms with Crippen LogP contribution in [0.2, 0.25) is 0 Å². The Kier molecular flexibility index (Phi) is 5.57. The summed E-state index contributed by atoms with van der Waals surface area (Å²) >= 11 is 0. The smallest absolute Gasteiger partial charge is 0.255 e. The lowest BCUT2D eigenvalue weighted by Gasteiger charge is -2.18. The molecule has 2 nitrogen and oxygen atoms in total. The van der Waals surface area contributed by atoms with Gasteiger partial charge in [0.15, 0.2) is 9.79 Å². The first-order valence-corrected chi connectivity index (χ1v) is 9.12. The molecule has 24 heavy (non-hydrogen) atoms. The van der Waals surface area contributed by atoms with Crippen molar-refractivity contribution in [2.75, 3.05) is 14.2 Å². The van der Waals surface area contributed by atoms with Gasteiger partial charge in [-0.1, -0.05) is 36.4 Å². The van der Waals surface area contributed by atoms with Crippen LogP contribution in [-0.4, -0.2) is 14.2 Å². The molecule has 0 saturated carbocycles.